The lowest BCUT2D eigenvalue weighted by Crippen LogP contribution is -2.29. The fraction of sp³-hybridized carbons (Fsp3) is 0.0833. The van der Waals surface area contributed by atoms with Gasteiger partial charge in [0.15, 0.2) is 0 Å². The first-order valence-electron chi connectivity index (χ1n) is 9.67. The van der Waals surface area contributed by atoms with Gasteiger partial charge in [-0.2, -0.15) is 0 Å². The Hall–Kier alpha value is -4.46. The van der Waals surface area contributed by atoms with Gasteiger partial charge in [0.05, 0.1) is 29.3 Å². The van der Waals surface area contributed by atoms with Gasteiger partial charge in [-0.25, -0.2) is 0 Å². The number of anilines is 1. The summed E-state index contributed by atoms with van der Waals surface area (Å²) < 4.78 is 5.19. The van der Waals surface area contributed by atoms with Crippen molar-refractivity contribution in [1.29, 1.82) is 0 Å². The van der Waals surface area contributed by atoms with Crippen molar-refractivity contribution in [2.75, 3.05) is 12.0 Å². The van der Waals surface area contributed by atoms with Crippen LogP contribution in [0.15, 0.2) is 84.4 Å². The minimum Gasteiger partial charge on any atom is -0.507 e. The van der Waals surface area contributed by atoms with Crippen LogP contribution < -0.4 is 9.64 Å². The summed E-state index contributed by atoms with van der Waals surface area (Å²) in [6.07, 6.45) is 0. The molecule has 1 N–H and O–H groups in total. The van der Waals surface area contributed by atoms with Crippen molar-refractivity contribution in [2.45, 2.75) is 6.04 Å². The van der Waals surface area contributed by atoms with E-state index in [0.29, 0.717) is 16.9 Å². The van der Waals surface area contributed by atoms with Gasteiger partial charge in [-0.05, 0) is 23.8 Å². The molecule has 1 aliphatic rings. The fourth-order valence-electron chi connectivity index (χ4n) is 3.71. The molecule has 3 aromatic rings. The third-order valence-electron chi connectivity index (χ3n) is 5.24. The molecule has 1 atom stereocenters. The normalized spacial score (nSPS) is 17.4. The lowest BCUT2D eigenvalue weighted by Gasteiger charge is -2.25. The third-order valence-corrected chi connectivity index (χ3v) is 5.24. The molecule has 1 saturated heterocycles. The van der Waals surface area contributed by atoms with Crippen molar-refractivity contribution in [1.82, 2.24) is 0 Å². The SMILES string of the molecule is COc1ccc(C2/C(=C(\O)c3ccccc3)C(=O)C(=O)N2c2cccc([N+](=O)[O-])c2)cc1. The maximum atomic E-state index is 13.1. The van der Waals surface area contributed by atoms with Crippen LogP contribution >= 0.6 is 0 Å². The number of rotatable bonds is 5. The summed E-state index contributed by atoms with van der Waals surface area (Å²) in [5.41, 5.74) is 0.769. The summed E-state index contributed by atoms with van der Waals surface area (Å²) in [6, 6.07) is 19.6. The number of ketones is 1. The van der Waals surface area contributed by atoms with Crippen molar-refractivity contribution in [3.05, 3.63) is 106 Å². The number of non-ortho nitro benzene ring substituents is 1. The van der Waals surface area contributed by atoms with E-state index in [1.165, 1.54) is 36.3 Å². The molecule has 0 radical (unpaired) electrons. The van der Waals surface area contributed by atoms with Crippen molar-refractivity contribution >= 4 is 28.8 Å². The second-order valence-electron chi connectivity index (χ2n) is 7.09. The lowest BCUT2D eigenvalue weighted by atomic mass is 9.95. The summed E-state index contributed by atoms with van der Waals surface area (Å²) in [5.74, 6) is -1.51. The molecule has 1 amide bonds. The second-order valence-corrected chi connectivity index (χ2v) is 7.09. The first kappa shape index (κ1) is 20.8. The fourth-order valence-corrected chi connectivity index (χ4v) is 3.71. The summed E-state index contributed by atoms with van der Waals surface area (Å²) >= 11 is 0. The predicted molar refractivity (Wildman–Crippen MR) is 117 cm³/mol. The van der Waals surface area contributed by atoms with Gasteiger partial charge in [-0.3, -0.25) is 24.6 Å². The van der Waals surface area contributed by atoms with Crippen LogP contribution in [-0.2, 0) is 9.59 Å². The number of Topliss-reactive ketones (excluding diaryl/α,β-unsaturated/α-hetero) is 1. The number of carbonyl (C=O) groups excluding carboxylic acids is 2. The van der Waals surface area contributed by atoms with Gasteiger partial charge in [0.2, 0.25) is 0 Å². The van der Waals surface area contributed by atoms with Crippen LogP contribution in [0.5, 0.6) is 5.75 Å². The van der Waals surface area contributed by atoms with Crippen LogP contribution in [0.4, 0.5) is 11.4 Å². The molecular weight excluding hydrogens is 412 g/mol. The standard InChI is InChI=1S/C24H18N2O6/c1-32-19-12-10-15(11-13-19)21-20(22(27)16-6-3-2-4-7-16)23(28)24(29)25(21)17-8-5-9-18(14-17)26(30)31/h2-14,21,27H,1H3/b22-20+. The highest BCUT2D eigenvalue weighted by molar-refractivity contribution is 6.51. The van der Waals surface area contributed by atoms with Gasteiger partial charge in [-0.1, -0.05) is 48.5 Å². The van der Waals surface area contributed by atoms with Gasteiger partial charge in [0, 0.05) is 17.7 Å². The van der Waals surface area contributed by atoms with E-state index < -0.39 is 22.7 Å². The molecule has 32 heavy (non-hydrogen) atoms. The van der Waals surface area contributed by atoms with Crippen molar-refractivity contribution < 1.29 is 24.4 Å². The number of nitrogens with zero attached hydrogens (tertiary/aromatic N) is 2. The van der Waals surface area contributed by atoms with E-state index in [1.807, 2.05) is 0 Å². The smallest absolute Gasteiger partial charge is 0.300 e. The maximum Gasteiger partial charge on any atom is 0.300 e. The Morgan fingerprint density at radius 3 is 2.31 bits per heavy atom. The largest absolute Gasteiger partial charge is 0.507 e. The van der Waals surface area contributed by atoms with E-state index in [9.17, 15) is 24.8 Å². The summed E-state index contributed by atoms with van der Waals surface area (Å²) in [7, 11) is 1.51. The topological polar surface area (TPSA) is 110 Å². The van der Waals surface area contributed by atoms with E-state index in [0.717, 1.165) is 0 Å². The number of aliphatic hydroxyl groups excluding tert-OH is 1. The molecule has 0 aliphatic carbocycles. The molecule has 160 valence electrons. The Kier molecular flexibility index (Phi) is 5.43. The average molecular weight is 430 g/mol. The number of ether oxygens (including phenoxy) is 1. The third kappa shape index (κ3) is 3.58. The zero-order chi connectivity index (χ0) is 22.8. The van der Waals surface area contributed by atoms with Crippen LogP contribution in [0.1, 0.15) is 17.2 Å². The zero-order valence-corrected chi connectivity index (χ0v) is 17.0. The van der Waals surface area contributed by atoms with Gasteiger partial charge in [0.25, 0.3) is 17.4 Å². The molecule has 1 aliphatic heterocycles. The van der Waals surface area contributed by atoms with Gasteiger partial charge >= 0.3 is 0 Å². The Labute approximate surface area is 183 Å². The van der Waals surface area contributed by atoms with E-state index in [1.54, 1.807) is 54.6 Å². The summed E-state index contributed by atoms with van der Waals surface area (Å²) in [4.78, 5) is 38.0. The number of hydrogen-bond donors (Lipinski definition) is 1. The summed E-state index contributed by atoms with van der Waals surface area (Å²) in [6.45, 7) is 0. The van der Waals surface area contributed by atoms with Crippen LogP contribution in [0, 0.1) is 10.1 Å². The van der Waals surface area contributed by atoms with Gasteiger partial charge in [-0.15, -0.1) is 0 Å². The molecule has 1 unspecified atom stereocenters. The minimum atomic E-state index is -0.983. The second kappa shape index (κ2) is 8.35. The van der Waals surface area contributed by atoms with Crippen molar-refractivity contribution in [3.8, 4) is 5.75 Å². The van der Waals surface area contributed by atoms with Gasteiger partial charge < -0.3 is 9.84 Å². The highest BCUT2D eigenvalue weighted by Gasteiger charge is 2.47. The van der Waals surface area contributed by atoms with Crippen molar-refractivity contribution in [3.63, 3.8) is 0 Å². The van der Waals surface area contributed by atoms with E-state index in [2.05, 4.69) is 0 Å². The number of methoxy groups -OCH3 is 1. The molecule has 0 bridgehead atoms. The Bertz CT molecular complexity index is 1230. The molecule has 4 rings (SSSR count). The maximum absolute atomic E-state index is 13.1. The van der Waals surface area contributed by atoms with E-state index in [-0.39, 0.29) is 22.7 Å². The van der Waals surface area contributed by atoms with E-state index in [4.69, 9.17) is 4.74 Å². The number of aliphatic hydroxyl groups is 1. The number of nitro benzene ring substituents is 1. The van der Waals surface area contributed by atoms with Gasteiger partial charge in [0.1, 0.15) is 11.5 Å². The Morgan fingerprint density at radius 1 is 1.00 bits per heavy atom. The molecule has 1 heterocycles. The molecule has 8 heteroatoms. The number of benzene rings is 3. The highest BCUT2D eigenvalue weighted by atomic mass is 16.6. The first-order valence-corrected chi connectivity index (χ1v) is 9.67. The zero-order valence-electron chi connectivity index (χ0n) is 17.0. The Balaban J connectivity index is 1.94. The quantitative estimate of drug-likeness (QED) is 0.213. The number of hydrogen-bond acceptors (Lipinski definition) is 6. The average Bonchev–Trinajstić information content (AvgIpc) is 3.09. The van der Waals surface area contributed by atoms with Crippen LogP contribution in [-0.4, -0.2) is 28.8 Å². The molecule has 8 nitrogen and oxygen atoms in total. The Morgan fingerprint density at radius 2 is 1.69 bits per heavy atom. The molecule has 0 aromatic heterocycles. The predicted octanol–water partition coefficient (Wildman–Crippen LogP) is 4.23. The van der Waals surface area contributed by atoms with Crippen LogP contribution in [0.2, 0.25) is 0 Å². The summed E-state index contributed by atoms with van der Waals surface area (Å²) in [5, 5.41) is 22.3. The van der Waals surface area contributed by atoms with Crippen LogP contribution in [0.3, 0.4) is 0 Å². The highest BCUT2D eigenvalue weighted by Crippen LogP contribution is 2.43. The minimum absolute atomic E-state index is 0.0992. The van der Waals surface area contributed by atoms with E-state index >= 15 is 0 Å². The molecule has 0 saturated carbocycles. The molecule has 1 fully saturated rings. The molecule has 3 aromatic carbocycles. The first-order chi connectivity index (χ1) is 15.4. The molecule has 0 spiro atoms. The number of amides is 1. The number of carbonyl (C=O) groups is 2. The molecular formula is C24H18N2O6. The number of nitro groups is 1. The van der Waals surface area contributed by atoms with Crippen LogP contribution in [0.25, 0.3) is 5.76 Å². The monoisotopic (exact) mass is 430 g/mol. The lowest BCUT2D eigenvalue weighted by molar-refractivity contribution is -0.384. The van der Waals surface area contributed by atoms with Crippen molar-refractivity contribution in [2.24, 2.45) is 0 Å².